The first kappa shape index (κ1) is 14.0. The number of hydrogen-bond acceptors (Lipinski definition) is 3. The van der Waals surface area contributed by atoms with Crippen LogP contribution < -0.4 is 5.73 Å². The molecule has 3 rings (SSSR count). The van der Waals surface area contributed by atoms with Gasteiger partial charge in [-0.15, -0.1) is 0 Å². The molecule has 0 aliphatic rings. The Labute approximate surface area is 127 Å². The number of H-pyrrole nitrogens is 1. The van der Waals surface area contributed by atoms with Gasteiger partial charge in [0.2, 0.25) is 0 Å². The molecule has 0 spiro atoms. The molecule has 1 heterocycles. The number of nitrogens with two attached hydrogens (primary N) is 1. The third-order valence-electron chi connectivity index (χ3n) is 2.98. The van der Waals surface area contributed by atoms with Gasteiger partial charge in [0.05, 0.1) is 32.6 Å². The lowest BCUT2D eigenvalue weighted by molar-refractivity contribution is 0.627. The summed E-state index contributed by atoms with van der Waals surface area (Å²) in [5.41, 5.74) is 8.41. The Morgan fingerprint density at radius 1 is 1.29 bits per heavy atom. The van der Waals surface area contributed by atoms with Gasteiger partial charge in [-0.3, -0.25) is 4.21 Å². The van der Waals surface area contributed by atoms with Crippen LogP contribution in [0.4, 0.5) is 10.1 Å². The fourth-order valence-electron chi connectivity index (χ4n) is 1.96. The second-order valence-corrected chi connectivity index (χ2v) is 6.33. The number of anilines is 1. The third kappa shape index (κ3) is 2.91. The summed E-state index contributed by atoms with van der Waals surface area (Å²) in [6.45, 7) is 0. The molecule has 0 saturated carbocycles. The van der Waals surface area contributed by atoms with Crippen LogP contribution in [-0.4, -0.2) is 14.2 Å². The normalized spacial score (nSPS) is 12.7. The summed E-state index contributed by atoms with van der Waals surface area (Å²) in [7, 11) is -1.38. The van der Waals surface area contributed by atoms with Crippen molar-refractivity contribution in [2.45, 2.75) is 10.9 Å². The van der Waals surface area contributed by atoms with E-state index in [2.05, 4.69) is 9.97 Å². The SMILES string of the molecule is Nc1ccc2nc(S(=O)Cc3ccc(F)c(Cl)c3)[nH]c2c1. The van der Waals surface area contributed by atoms with Crippen LogP contribution in [0.5, 0.6) is 0 Å². The Bertz CT molecular complexity index is 849. The zero-order valence-electron chi connectivity index (χ0n) is 10.8. The highest BCUT2D eigenvalue weighted by Crippen LogP contribution is 2.20. The second kappa shape index (κ2) is 5.46. The molecule has 0 saturated heterocycles. The van der Waals surface area contributed by atoms with Gasteiger partial charge >= 0.3 is 0 Å². The lowest BCUT2D eigenvalue weighted by atomic mass is 10.2. The molecule has 1 atom stereocenters. The molecule has 4 nitrogen and oxygen atoms in total. The van der Waals surface area contributed by atoms with E-state index >= 15 is 0 Å². The van der Waals surface area contributed by atoms with Crippen LogP contribution in [0.2, 0.25) is 5.02 Å². The van der Waals surface area contributed by atoms with Crippen molar-refractivity contribution >= 4 is 39.1 Å². The van der Waals surface area contributed by atoms with Gasteiger partial charge in [0.25, 0.3) is 0 Å². The Hall–Kier alpha value is -1.92. The van der Waals surface area contributed by atoms with E-state index in [1.807, 2.05) is 0 Å². The van der Waals surface area contributed by atoms with Crippen molar-refractivity contribution in [3.8, 4) is 0 Å². The van der Waals surface area contributed by atoms with Crippen molar-refractivity contribution in [1.29, 1.82) is 0 Å². The van der Waals surface area contributed by atoms with Crippen LogP contribution in [0.3, 0.4) is 0 Å². The smallest absolute Gasteiger partial charge is 0.197 e. The van der Waals surface area contributed by atoms with E-state index in [9.17, 15) is 8.60 Å². The van der Waals surface area contributed by atoms with Gasteiger partial charge in [-0.25, -0.2) is 9.37 Å². The van der Waals surface area contributed by atoms with Crippen LogP contribution in [0.25, 0.3) is 11.0 Å². The van der Waals surface area contributed by atoms with Crippen molar-refractivity contribution in [2.75, 3.05) is 5.73 Å². The highest BCUT2D eigenvalue weighted by atomic mass is 35.5. The predicted molar refractivity (Wildman–Crippen MR) is 82.0 cm³/mol. The number of nitrogens with zero attached hydrogens (tertiary/aromatic N) is 1. The van der Waals surface area contributed by atoms with Crippen molar-refractivity contribution in [3.05, 3.63) is 52.8 Å². The first-order valence-corrected chi connectivity index (χ1v) is 7.80. The molecule has 108 valence electrons. The summed E-state index contributed by atoms with van der Waals surface area (Å²) in [5.74, 6) is -0.291. The van der Waals surface area contributed by atoms with Crippen molar-refractivity contribution in [2.24, 2.45) is 0 Å². The average molecular weight is 324 g/mol. The van der Waals surface area contributed by atoms with E-state index in [1.165, 1.54) is 12.1 Å². The fourth-order valence-corrected chi connectivity index (χ4v) is 3.21. The molecule has 0 aliphatic heterocycles. The van der Waals surface area contributed by atoms with Gasteiger partial charge in [0.1, 0.15) is 5.82 Å². The fraction of sp³-hybridized carbons (Fsp3) is 0.0714. The molecule has 0 fully saturated rings. The number of rotatable bonds is 3. The van der Waals surface area contributed by atoms with Gasteiger partial charge in [0, 0.05) is 5.69 Å². The van der Waals surface area contributed by atoms with Crippen LogP contribution in [-0.2, 0) is 16.6 Å². The van der Waals surface area contributed by atoms with Crippen LogP contribution >= 0.6 is 11.6 Å². The number of fused-ring (bicyclic) bond motifs is 1. The number of nitrogen functional groups attached to an aromatic ring is 1. The number of imidazole rings is 1. The Morgan fingerprint density at radius 3 is 2.86 bits per heavy atom. The number of aromatic amines is 1. The largest absolute Gasteiger partial charge is 0.399 e. The molecule has 1 unspecified atom stereocenters. The van der Waals surface area contributed by atoms with E-state index in [0.29, 0.717) is 21.9 Å². The zero-order valence-corrected chi connectivity index (χ0v) is 12.3. The molecule has 3 N–H and O–H groups in total. The van der Waals surface area contributed by atoms with Crippen LogP contribution in [0.15, 0.2) is 41.6 Å². The molecule has 0 radical (unpaired) electrons. The van der Waals surface area contributed by atoms with E-state index < -0.39 is 16.6 Å². The number of halogens is 2. The van der Waals surface area contributed by atoms with Gasteiger partial charge in [-0.05, 0) is 35.9 Å². The Kier molecular flexibility index (Phi) is 3.65. The maximum Gasteiger partial charge on any atom is 0.197 e. The van der Waals surface area contributed by atoms with E-state index in [0.717, 1.165) is 5.52 Å². The lowest BCUT2D eigenvalue weighted by Crippen LogP contribution is -1.99. The Balaban J connectivity index is 1.87. The van der Waals surface area contributed by atoms with Crippen LogP contribution in [0, 0.1) is 5.82 Å². The minimum absolute atomic E-state index is 0.0156. The van der Waals surface area contributed by atoms with Crippen molar-refractivity contribution in [1.82, 2.24) is 9.97 Å². The summed E-state index contributed by atoms with van der Waals surface area (Å²) >= 11 is 5.71. The monoisotopic (exact) mass is 323 g/mol. The van der Waals surface area contributed by atoms with E-state index in [-0.39, 0.29) is 10.8 Å². The first-order valence-electron chi connectivity index (χ1n) is 6.10. The van der Waals surface area contributed by atoms with Gasteiger partial charge in [-0.2, -0.15) is 0 Å². The van der Waals surface area contributed by atoms with Gasteiger partial charge in [-0.1, -0.05) is 17.7 Å². The number of hydrogen-bond donors (Lipinski definition) is 2. The molecular formula is C14H11ClFN3OS. The topological polar surface area (TPSA) is 71.8 Å². The molecule has 2 aromatic carbocycles. The molecule has 1 aromatic heterocycles. The first-order chi connectivity index (χ1) is 10.0. The minimum atomic E-state index is -1.38. The molecular weight excluding hydrogens is 313 g/mol. The third-order valence-corrected chi connectivity index (χ3v) is 4.49. The summed E-state index contributed by atoms with van der Waals surface area (Å²) in [6, 6.07) is 9.51. The number of aromatic nitrogens is 2. The molecule has 0 amide bonds. The zero-order chi connectivity index (χ0) is 15.0. The lowest BCUT2D eigenvalue weighted by Gasteiger charge is -2.01. The quantitative estimate of drug-likeness (QED) is 0.727. The number of nitrogens with one attached hydrogen (secondary N) is 1. The van der Waals surface area contributed by atoms with Gasteiger partial charge in [0.15, 0.2) is 5.16 Å². The summed E-state index contributed by atoms with van der Waals surface area (Å²) in [4.78, 5) is 7.26. The maximum absolute atomic E-state index is 13.1. The van der Waals surface area contributed by atoms with Crippen LogP contribution in [0.1, 0.15) is 5.56 Å². The second-order valence-electron chi connectivity index (χ2n) is 4.56. The maximum atomic E-state index is 13.1. The predicted octanol–water partition coefficient (Wildman–Crippen LogP) is 3.25. The van der Waals surface area contributed by atoms with Crippen molar-refractivity contribution in [3.63, 3.8) is 0 Å². The minimum Gasteiger partial charge on any atom is -0.399 e. The molecule has 0 bridgehead atoms. The Morgan fingerprint density at radius 2 is 2.10 bits per heavy atom. The summed E-state index contributed by atoms with van der Waals surface area (Å²) in [5, 5.41) is 0.373. The standard InChI is InChI=1S/C14H11ClFN3OS/c15-10-5-8(1-3-11(10)16)7-21(20)14-18-12-4-2-9(17)6-13(12)19-14/h1-6H,7,17H2,(H,18,19). The van der Waals surface area contributed by atoms with E-state index in [1.54, 1.807) is 24.3 Å². The molecule has 7 heteroatoms. The summed E-state index contributed by atoms with van der Waals surface area (Å²) < 4.78 is 25.4. The number of benzene rings is 2. The highest BCUT2D eigenvalue weighted by molar-refractivity contribution is 7.84. The molecule has 0 aliphatic carbocycles. The van der Waals surface area contributed by atoms with Gasteiger partial charge < -0.3 is 10.7 Å². The highest BCUT2D eigenvalue weighted by Gasteiger charge is 2.12. The summed E-state index contributed by atoms with van der Waals surface area (Å²) in [6.07, 6.45) is 0. The average Bonchev–Trinajstić information content (AvgIpc) is 2.86. The molecule has 21 heavy (non-hydrogen) atoms. The van der Waals surface area contributed by atoms with E-state index in [4.69, 9.17) is 17.3 Å². The van der Waals surface area contributed by atoms with Crippen molar-refractivity contribution < 1.29 is 8.60 Å². The molecule has 3 aromatic rings.